The van der Waals surface area contributed by atoms with E-state index < -0.39 is 0 Å². The van der Waals surface area contributed by atoms with Crippen LogP contribution in [-0.2, 0) is 0 Å². The minimum absolute atomic E-state index is 0.561. The Morgan fingerprint density at radius 2 is 2.47 bits per heavy atom. The monoisotopic (exact) mass is 205 g/mol. The van der Waals surface area contributed by atoms with E-state index >= 15 is 0 Å². The quantitative estimate of drug-likeness (QED) is 0.820. The van der Waals surface area contributed by atoms with Crippen LogP contribution in [0.15, 0.2) is 18.3 Å². The molecule has 1 aliphatic heterocycles. The smallest absolute Gasteiger partial charge is 0.130 e. The predicted molar refractivity (Wildman–Crippen MR) is 63.0 cm³/mol. The van der Waals surface area contributed by atoms with Crippen LogP contribution in [0.1, 0.15) is 31.4 Å². The summed E-state index contributed by atoms with van der Waals surface area (Å²) in [5.74, 6) is 1.03. The van der Waals surface area contributed by atoms with Crippen LogP contribution in [0.4, 0.5) is 5.82 Å². The lowest BCUT2D eigenvalue weighted by molar-refractivity contribution is 0.272. The van der Waals surface area contributed by atoms with Crippen molar-refractivity contribution in [3.63, 3.8) is 0 Å². The number of anilines is 1. The molecule has 1 aromatic heterocycles. The summed E-state index contributed by atoms with van der Waals surface area (Å²) in [6.07, 6.45) is 4.41. The number of aromatic nitrogens is 1. The second-order valence-electron chi connectivity index (χ2n) is 3.98. The molecule has 2 rings (SSSR count). The predicted octanol–water partition coefficient (Wildman–Crippen LogP) is 2.28. The van der Waals surface area contributed by atoms with Gasteiger partial charge in [0.05, 0.1) is 0 Å². The molecule has 15 heavy (non-hydrogen) atoms. The highest BCUT2D eigenvalue weighted by atomic mass is 15.2. The van der Waals surface area contributed by atoms with Crippen molar-refractivity contribution < 1.29 is 0 Å². The van der Waals surface area contributed by atoms with E-state index in [0.29, 0.717) is 6.04 Å². The van der Waals surface area contributed by atoms with E-state index in [1.54, 1.807) is 0 Å². The van der Waals surface area contributed by atoms with E-state index in [4.69, 9.17) is 0 Å². The Kier molecular flexibility index (Phi) is 3.21. The molecule has 3 nitrogen and oxygen atoms in total. The molecule has 0 aliphatic carbocycles. The molecule has 1 N–H and O–H groups in total. The van der Waals surface area contributed by atoms with Crippen LogP contribution in [0.25, 0.3) is 0 Å². The molecule has 1 aromatic rings. The van der Waals surface area contributed by atoms with Crippen molar-refractivity contribution in [2.24, 2.45) is 0 Å². The zero-order valence-corrected chi connectivity index (χ0v) is 9.53. The lowest BCUT2D eigenvalue weighted by Crippen LogP contribution is -2.23. The molecule has 0 amide bonds. The summed E-state index contributed by atoms with van der Waals surface area (Å²) in [7, 11) is 1.94. The van der Waals surface area contributed by atoms with Crippen molar-refractivity contribution in [1.29, 1.82) is 0 Å². The second kappa shape index (κ2) is 4.62. The minimum Gasteiger partial charge on any atom is -0.373 e. The minimum atomic E-state index is 0.561. The molecule has 0 saturated carbocycles. The third kappa shape index (κ3) is 1.97. The van der Waals surface area contributed by atoms with Gasteiger partial charge in [0.15, 0.2) is 0 Å². The number of nitrogens with one attached hydrogen (secondary N) is 1. The van der Waals surface area contributed by atoms with E-state index in [1.165, 1.54) is 24.9 Å². The van der Waals surface area contributed by atoms with Crippen LogP contribution in [0.2, 0.25) is 0 Å². The topological polar surface area (TPSA) is 28.2 Å². The van der Waals surface area contributed by atoms with Crippen molar-refractivity contribution in [3.8, 4) is 0 Å². The van der Waals surface area contributed by atoms with Gasteiger partial charge in [-0.25, -0.2) is 4.98 Å². The lowest BCUT2D eigenvalue weighted by Gasteiger charge is -2.24. The number of pyridine rings is 1. The van der Waals surface area contributed by atoms with Gasteiger partial charge in [-0.3, -0.25) is 4.90 Å². The average molecular weight is 205 g/mol. The first kappa shape index (κ1) is 10.4. The maximum atomic E-state index is 4.37. The van der Waals surface area contributed by atoms with E-state index in [1.807, 2.05) is 19.3 Å². The van der Waals surface area contributed by atoms with Crippen LogP contribution in [0, 0.1) is 0 Å². The second-order valence-corrected chi connectivity index (χ2v) is 3.98. The van der Waals surface area contributed by atoms with Gasteiger partial charge >= 0.3 is 0 Å². The largest absolute Gasteiger partial charge is 0.373 e. The third-order valence-electron chi connectivity index (χ3n) is 3.20. The van der Waals surface area contributed by atoms with E-state index in [-0.39, 0.29) is 0 Å². The van der Waals surface area contributed by atoms with Crippen molar-refractivity contribution in [2.75, 3.05) is 25.5 Å². The van der Waals surface area contributed by atoms with Gasteiger partial charge < -0.3 is 5.32 Å². The van der Waals surface area contributed by atoms with Crippen molar-refractivity contribution in [2.45, 2.75) is 25.8 Å². The summed E-state index contributed by atoms with van der Waals surface area (Å²) >= 11 is 0. The molecular formula is C12H19N3. The van der Waals surface area contributed by atoms with Crippen LogP contribution in [0.5, 0.6) is 0 Å². The van der Waals surface area contributed by atoms with Gasteiger partial charge in [0.25, 0.3) is 0 Å². The van der Waals surface area contributed by atoms with Gasteiger partial charge in [-0.05, 0) is 32.0 Å². The summed E-state index contributed by atoms with van der Waals surface area (Å²) < 4.78 is 0. The molecule has 82 valence electrons. The summed E-state index contributed by atoms with van der Waals surface area (Å²) in [6.45, 7) is 4.58. The highest BCUT2D eigenvalue weighted by molar-refractivity contribution is 5.45. The van der Waals surface area contributed by atoms with Crippen LogP contribution < -0.4 is 5.32 Å². The molecule has 1 atom stereocenters. The highest BCUT2D eigenvalue weighted by Gasteiger charge is 2.26. The third-order valence-corrected chi connectivity index (χ3v) is 3.20. The molecule has 0 bridgehead atoms. The highest BCUT2D eigenvalue weighted by Crippen LogP contribution is 2.34. The molecular weight excluding hydrogens is 186 g/mol. The zero-order chi connectivity index (χ0) is 10.7. The van der Waals surface area contributed by atoms with Gasteiger partial charge in [0.2, 0.25) is 0 Å². The Balaban J connectivity index is 2.27. The Morgan fingerprint density at radius 3 is 3.20 bits per heavy atom. The van der Waals surface area contributed by atoms with Crippen LogP contribution in [-0.4, -0.2) is 30.0 Å². The van der Waals surface area contributed by atoms with Gasteiger partial charge in [0, 0.05) is 24.8 Å². The number of hydrogen-bond acceptors (Lipinski definition) is 3. The number of nitrogens with zero attached hydrogens (tertiary/aromatic N) is 2. The zero-order valence-electron chi connectivity index (χ0n) is 9.53. The maximum Gasteiger partial charge on any atom is 0.130 e. The maximum absolute atomic E-state index is 4.37. The Hall–Kier alpha value is -1.09. The van der Waals surface area contributed by atoms with Crippen molar-refractivity contribution in [1.82, 2.24) is 9.88 Å². The lowest BCUT2D eigenvalue weighted by atomic mass is 10.1. The van der Waals surface area contributed by atoms with Gasteiger partial charge in [-0.1, -0.05) is 13.0 Å². The first-order valence-electron chi connectivity index (χ1n) is 5.73. The van der Waals surface area contributed by atoms with Crippen LogP contribution in [0.3, 0.4) is 0 Å². The molecule has 2 heterocycles. The summed E-state index contributed by atoms with van der Waals surface area (Å²) in [5.41, 5.74) is 1.35. The average Bonchev–Trinajstić information content (AvgIpc) is 2.76. The SMILES string of the molecule is CCN1CCC[C@@H]1c1cccnc1NC. The number of hydrogen-bond donors (Lipinski definition) is 1. The molecule has 1 saturated heterocycles. The summed E-state index contributed by atoms with van der Waals surface area (Å²) in [5, 5.41) is 3.18. The molecule has 0 aromatic carbocycles. The molecule has 0 radical (unpaired) electrons. The summed E-state index contributed by atoms with van der Waals surface area (Å²) in [6, 6.07) is 4.78. The Bertz CT molecular complexity index is 324. The van der Waals surface area contributed by atoms with Gasteiger partial charge in [-0.15, -0.1) is 0 Å². The fourth-order valence-electron chi connectivity index (χ4n) is 2.45. The number of likely N-dealkylation sites (tertiary alicyclic amines) is 1. The van der Waals surface area contributed by atoms with E-state index in [2.05, 4.69) is 28.2 Å². The van der Waals surface area contributed by atoms with E-state index in [9.17, 15) is 0 Å². The number of rotatable bonds is 3. The van der Waals surface area contributed by atoms with Gasteiger partial charge in [-0.2, -0.15) is 0 Å². The van der Waals surface area contributed by atoms with E-state index in [0.717, 1.165) is 12.4 Å². The van der Waals surface area contributed by atoms with Crippen molar-refractivity contribution in [3.05, 3.63) is 23.9 Å². The Labute approximate surface area is 91.5 Å². The molecule has 1 fully saturated rings. The first-order valence-corrected chi connectivity index (χ1v) is 5.73. The van der Waals surface area contributed by atoms with Gasteiger partial charge in [0.1, 0.15) is 5.82 Å². The molecule has 0 spiro atoms. The standard InChI is InChI=1S/C12H19N3/c1-3-15-9-5-7-11(15)10-6-4-8-14-12(10)13-2/h4,6,8,11H,3,5,7,9H2,1-2H3,(H,13,14)/t11-/m1/s1. The summed E-state index contributed by atoms with van der Waals surface area (Å²) in [4.78, 5) is 6.90. The molecule has 3 heteroatoms. The fourth-order valence-corrected chi connectivity index (χ4v) is 2.45. The van der Waals surface area contributed by atoms with Crippen molar-refractivity contribution >= 4 is 5.82 Å². The first-order chi connectivity index (χ1) is 7.36. The molecule has 0 unspecified atom stereocenters. The molecule has 1 aliphatic rings. The Morgan fingerprint density at radius 1 is 1.60 bits per heavy atom. The normalized spacial score (nSPS) is 21.9. The fraction of sp³-hybridized carbons (Fsp3) is 0.583. The van der Waals surface area contributed by atoms with Crippen LogP contribution >= 0.6 is 0 Å².